The van der Waals surface area contributed by atoms with E-state index in [1.807, 2.05) is 11.4 Å². The number of thiophene rings is 1. The number of imide groups is 1. The summed E-state index contributed by atoms with van der Waals surface area (Å²) in [5.74, 6) is 2.94. The van der Waals surface area contributed by atoms with E-state index in [2.05, 4.69) is 38.4 Å². The summed E-state index contributed by atoms with van der Waals surface area (Å²) in [5.41, 5.74) is 0. The van der Waals surface area contributed by atoms with E-state index >= 15 is 0 Å². The first-order chi connectivity index (χ1) is 13.6. The van der Waals surface area contributed by atoms with Gasteiger partial charge in [0, 0.05) is 13.1 Å². The maximum atomic E-state index is 12.0. The highest BCUT2D eigenvalue weighted by molar-refractivity contribution is 7.99. The van der Waals surface area contributed by atoms with Crippen molar-refractivity contribution in [1.29, 1.82) is 0 Å². The van der Waals surface area contributed by atoms with Crippen LogP contribution in [0.3, 0.4) is 0 Å². The summed E-state index contributed by atoms with van der Waals surface area (Å²) in [4.78, 5) is 24.4. The summed E-state index contributed by atoms with van der Waals surface area (Å²) in [6, 6.07) is 3.87. The molecule has 28 heavy (non-hydrogen) atoms. The monoisotopic (exact) mass is 419 g/mol. The minimum atomic E-state index is -0.498. The first-order valence-electron chi connectivity index (χ1n) is 9.70. The Morgan fingerprint density at radius 3 is 2.86 bits per heavy atom. The molecule has 150 valence electrons. The van der Waals surface area contributed by atoms with Crippen LogP contribution in [-0.2, 0) is 4.79 Å². The molecule has 2 aromatic heterocycles. The number of carbonyl (C=O) groups is 2. The van der Waals surface area contributed by atoms with Crippen LogP contribution in [-0.4, -0.2) is 39.5 Å². The van der Waals surface area contributed by atoms with Crippen LogP contribution < -0.4 is 10.6 Å². The SMILES string of the molecule is CNC(=O)NC(=O)CSc1nnc(-c2cccs2)n1C(C)C1CC2CCC1C2. The van der Waals surface area contributed by atoms with Crippen molar-refractivity contribution >= 4 is 35.0 Å². The van der Waals surface area contributed by atoms with Crippen LogP contribution in [0.5, 0.6) is 0 Å². The molecule has 2 aromatic rings. The van der Waals surface area contributed by atoms with Gasteiger partial charge >= 0.3 is 6.03 Å². The highest BCUT2D eigenvalue weighted by Gasteiger charge is 2.43. The molecule has 0 saturated heterocycles. The number of aromatic nitrogens is 3. The molecule has 4 rings (SSSR count). The highest BCUT2D eigenvalue weighted by Crippen LogP contribution is 2.53. The van der Waals surface area contributed by atoms with Gasteiger partial charge in [-0.25, -0.2) is 4.79 Å². The lowest BCUT2D eigenvalue weighted by atomic mass is 9.84. The molecule has 0 aliphatic heterocycles. The number of hydrogen-bond acceptors (Lipinski definition) is 6. The molecule has 0 aromatic carbocycles. The Hall–Kier alpha value is -1.87. The van der Waals surface area contributed by atoms with Crippen LogP contribution in [0.1, 0.15) is 38.6 Å². The predicted molar refractivity (Wildman–Crippen MR) is 110 cm³/mol. The maximum absolute atomic E-state index is 12.0. The van der Waals surface area contributed by atoms with Crippen LogP contribution >= 0.6 is 23.1 Å². The number of carbonyl (C=O) groups excluding carboxylic acids is 2. The van der Waals surface area contributed by atoms with E-state index in [4.69, 9.17) is 0 Å². The van der Waals surface area contributed by atoms with Gasteiger partial charge in [0.15, 0.2) is 11.0 Å². The second-order valence-electron chi connectivity index (χ2n) is 7.65. The third kappa shape index (κ3) is 3.82. The largest absolute Gasteiger partial charge is 0.341 e. The van der Waals surface area contributed by atoms with Crippen LogP contribution in [0.4, 0.5) is 4.79 Å². The minimum absolute atomic E-state index is 0.124. The number of nitrogens with one attached hydrogen (secondary N) is 2. The molecular formula is C19H25N5O2S2. The molecule has 2 aliphatic carbocycles. The van der Waals surface area contributed by atoms with Gasteiger partial charge in [0.25, 0.3) is 0 Å². The molecule has 2 saturated carbocycles. The second kappa shape index (κ2) is 8.24. The molecule has 2 heterocycles. The summed E-state index contributed by atoms with van der Waals surface area (Å²) >= 11 is 2.98. The quantitative estimate of drug-likeness (QED) is 0.699. The summed E-state index contributed by atoms with van der Waals surface area (Å²) in [6.07, 6.45) is 5.32. The number of rotatable bonds is 6. The second-order valence-corrected chi connectivity index (χ2v) is 9.54. The lowest BCUT2D eigenvalue weighted by Gasteiger charge is -2.30. The molecule has 2 fully saturated rings. The fourth-order valence-electron chi connectivity index (χ4n) is 4.75. The molecule has 0 spiro atoms. The van der Waals surface area contributed by atoms with Gasteiger partial charge in [0.1, 0.15) is 0 Å². The van der Waals surface area contributed by atoms with Crippen LogP contribution in [0.15, 0.2) is 22.7 Å². The smallest absolute Gasteiger partial charge is 0.321 e. The third-order valence-corrected chi connectivity index (χ3v) is 7.85. The molecule has 2 N–H and O–H groups in total. The fraction of sp³-hybridized carbons (Fsp3) is 0.579. The van der Waals surface area contributed by atoms with E-state index in [0.717, 1.165) is 27.7 Å². The van der Waals surface area contributed by atoms with Gasteiger partial charge in [0.05, 0.1) is 10.6 Å². The van der Waals surface area contributed by atoms with Gasteiger partial charge in [-0.05, 0) is 55.4 Å². The Bertz CT molecular complexity index is 851. The number of urea groups is 1. The lowest BCUT2D eigenvalue weighted by molar-refractivity contribution is -0.117. The summed E-state index contributed by atoms with van der Waals surface area (Å²) in [7, 11) is 1.48. The number of amides is 3. The normalized spacial score (nSPS) is 24.3. The molecular weight excluding hydrogens is 394 g/mol. The molecule has 2 bridgehead atoms. The zero-order chi connectivity index (χ0) is 19.7. The van der Waals surface area contributed by atoms with Gasteiger partial charge in [0.2, 0.25) is 5.91 Å². The number of thioether (sulfide) groups is 1. The van der Waals surface area contributed by atoms with Crippen molar-refractivity contribution in [2.45, 2.75) is 43.8 Å². The molecule has 4 atom stereocenters. The van der Waals surface area contributed by atoms with Crippen molar-refractivity contribution in [3.8, 4) is 10.7 Å². The van der Waals surface area contributed by atoms with Crippen molar-refractivity contribution in [3.63, 3.8) is 0 Å². The van der Waals surface area contributed by atoms with Crippen molar-refractivity contribution in [2.75, 3.05) is 12.8 Å². The summed E-state index contributed by atoms with van der Waals surface area (Å²) in [5, 5.41) is 16.3. The van der Waals surface area contributed by atoms with Gasteiger partial charge in [-0.3, -0.25) is 14.7 Å². The molecule has 9 heteroatoms. The van der Waals surface area contributed by atoms with Gasteiger partial charge in [-0.15, -0.1) is 21.5 Å². The Morgan fingerprint density at radius 2 is 2.21 bits per heavy atom. The van der Waals surface area contributed by atoms with Crippen LogP contribution in [0, 0.1) is 17.8 Å². The van der Waals surface area contributed by atoms with Crippen LogP contribution in [0.25, 0.3) is 10.7 Å². The number of nitrogens with zero attached hydrogens (tertiary/aromatic N) is 3. The topological polar surface area (TPSA) is 88.9 Å². The van der Waals surface area contributed by atoms with Crippen LogP contribution in [0.2, 0.25) is 0 Å². The predicted octanol–water partition coefficient (Wildman–Crippen LogP) is 3.55. The molecule has 3 amide bonds. The molecule has 2 aliphatic rings. The van der Waals surface area contributed by atoms with Crippen molar-refractivity contribution in [2.24, 2.45) is 17.8 Å². The van der Waals surface area contributed by atoms with Gasteiger partial charge in [-0.2, -0.15) is 0 Å². The van der Waals surface area contributed by atoms with Crippen molar-refractivity contribution in [1.82, 2.24) is 25.4 Å². The average molecular weight is 420 g/mol. The number of hydrogen-bond donors (Lipinski definition) is 2. The first kappa shape index (κ1) is 19.4. The molecule has 4 unspecified atom stereocenters. The van der Waals surface area contributed by atoms with E-state index in [1.54, 1.807) is 11.3 Å². The van der Waals surface area contributed by atoms with E-state index in [9.17, 15) is 9.59 Å². The van der Waals surface area contributed by atoms with Crippen molar-refractivity contribution in [3.05, 3.63) is 17.5 Å². The molecule has 7 nitrogen and oxygen atoms in total. The molecule has 0 radical (unpaired) electrons. The zero-order valence-corrected chi connectivity index (χ0v) is 17.7. The summed E-state index contributed by atoms with van der Waals surface area (Å²) < 4.78 is 2.22. The standard InChI is InChI=1S/C19H25N5O2S2/c1-11(14-9-12-5-6-13(14)8-12)24-17(15-4-3-7-27-15)22-23-19(24)28-10-16(25)21-18(26)20-2/h3-4,7,11-14H,5-6,8-10H2,1-2H3,(H2,20,21,25,26). The lowest BCUT2D eigenvalue weighted by Crippen LogP contribution is -2.38. The Labute approximate surface area is 172 Å². The van der Waals surface area contributed by atoms with Crippen molar-refractivity contribution < 1.29 is 9.59 Å². The highest BCUT2D eigenvalue weighted by atomic mass is 32.2. The van der Waals surface area contributed by atoms with E-state index in [-0.39, 0.29) is 17.7 Å². The fourth-order valence-corrected chi connectivity index (χ4v) is 6.28. The average Bonchev–Trinajstić information content (AvgIpc) is 3.48. The first-order valence-corrected chi connectivity index (χ1v) is 11.6. The summed E-state index contributed by atoms with van der Waals surface area (Å²) in [6.45, 7) is 2.26. The third-order valence-electron chi connectivity index (χ3n) is 6.04. The zero-order valence-electron chi connectivity index (χ0n) is 16.1. The minimum Gasteiger partial charge on any atom is -0.341 e. The number of fused-ring (bicyclic) bond motifs is 2. The van der Waals surface area contributed by atoms with E-state index in [1.165, 1.54) is 44.5 Å². The Morgan fingerprint density at radius 1 is 1.36 bits per heavy atom. The maximum Gasteiger partial charge on any atom is 0.321 e. The van der Waals surface area contributed by atoms with Gasteiger partial charge in [-0.1, -0.05) is 24.2 Å². The van der Waals surface area contributed by atoms with Gasteiger partial charge < -0.3 is 5.32 Å². The Balaban J connectivity index is 1.56. The van der Waals surface area contributed by atoms with E-state index < -0.39 is 6.03 Å². The van der Waals surface area contributed by atoms with E-state index in [0.29, 0.717) is 5.92 Å². The Kier molecular flexibility index (Phi) is 5.73.